The molecule has 4 heterocycles. The van der Waals surface area contributed by atoms with Gasteiger partial charge in [-0.15, -0.1) is 10.2 Å². The van der Waals surface area contributed by atoms with E-state index in [1.807, 2.05) is 9.80 Å². The number of H-pyrrole nitrogens is 1. The van der Waals surface area contributed by atoms with Crippen LogP contribution in [0.1, 0.15) is 6.42 Å². The van der Waals surface area contributed by atoms with Gasteiger partial charge in [0.2, 0.25) is 11.7 Å². The van der Waals surface area contributed by atoms with Gasteiger partial charge in [0.05, 0.1) is 11.6 Å². The second kappa shape index (κ2) is 6.80. The van der Waals surface area contributed by atoms with E-state index < -0.39 is 0 Å². The van der Waals surface area contributed by atoms with Crippen molar-refractivity contribution < 1.29 is 9.18 Å². The Balaban J connectivity index is 1.24. The normalized spacial score (nSPS) is 27.6. The standard InChI is InChI=1S/C19H24FN7O/c1-25-7-14-10-27(11-15(14)8-25)19(28)13-4-5-26(9-13)17-3-2-12(6-16(17)20)18-21-23-24-22-18/h2-3,6,13-15H,4-5,7-11H2,1H3,(H,21,22,23,24)/t13?,14-,15+. The summed E-state index contributed by atoms with van der Waals surface area (Å²) in [6.45, 7) is 5.18. The minimum Gasteiger partial charge on any atom is -0.368 e. The number of rotatable bonds is 3. The fourth-order valence-corrected chi connectivity index (χ4v) is 5.03. The van der Waals surface area contributed by atoms with Crippen LogP contribution in [0.2, 0.25) is 0 Å². The second-order valence-electron chi connectivity index (χ2n) is 8.32. The van der Waals surface area contributed by atoms with E-state index in [1.165, 1.54) is 6.07 Å². The molecule has 8 nitrogen and oxygen atoms in total. The predicted molar refractivity (Wildman–Crippen MR) is 101 cm³/mol. The third kappa shape index (κ3) is 3.03. The van der Waals surface area contributed by atoms with Crippen molar-refractivity contribution in [3.05, 3.63) is 24.0 Å². The van der Waals surface area contributed by atoms with Crippen LogP contribution in [0.15, 0.2) is 18.2 Å². The maximum Gasteiger partial charge on any atom is 0.227 e. The first-order chi connectivity index (χ1) is 13.6. The predicted octanol–water partition coefficient (Wildman–Crippen LogP) is 0.852. The molecule has 3 fully saturated rings. The lowest BCUT2D eigenvalue weighted by Crippen LogP contribution is -2.37. The highest BCUT2D eigenvalue weighted by Crippen LogP contribution is 2.34. The molecule has 3 atom stereocenters. The largest absolute Gasteiger partial charge is 0.368 e. The molecule has 3 aliphatic rings. The Labute approximate surface area is 162 Å². The molecule has 28 heavy (non-hydrogen) atoms. The number of carbonyl (C=O) groups is 1. The van der Waals surface area contributed by atoms with Crippen molar-refractivity contribution in [1.29, 1.82) is 0 Å². The van der Waals surface area contributed by atoms with E-state index in [0.717, 1.165) is 32.6 Å². The van der Waals surface area contributed by atoms with E-state index in [1.54, 1.807) is 12.1 Å². The Morgan fingerprint density at radius 2 is 1.96 bits per heavy atom. The number of anilines is 1. The van der Waals surface area contributed by atoms with E-state index in [9.17, 15) is 9.18 Å². The minimum atomic E-state index is -0.325. The van der Waals surface area contributed by atoms with Crippen LogP contribution in [-0.4, -0.2) is 82.6 Å². The molecule has 0 radical (unpaired) electrons. The lowest BCUT2D eigenvalue weighted by Gasteiger charge is -2.23. The highest BCUT2D eigenvalue weighted by atomic mass is 19.1. The molecule has 1 amide bonds. The van der Waals surface area contributed by atoms with E-state index in [0.29, 0.717) is 42.0 Å². The smallest absolute Gasteiger partial charge is 0.227 e. The summed E-state index contributed by atoms with van der Waals surface area (Å²) in [4.78, 5) is 19.4. The number of nitrogens with zero attached hydrogens (tertiary/aromatic N) is 6. The molecule has 1 N–H and O–H groups in total. The molecule has 1 unspecified atom stereocenters. The summed E-state index contributed by atoms with van der Waals surface area (Å²) in [6.07, 6.45) is 0.774. The van der Waals surface area contributed by atoms with Crippen LogP contribution >= 0.6 is 0 Å². The van der Waals surface area contributed by atoms with Crippen molar-refractivity contribution in [3.63, 3.8) is 0 Å². The second-order valence-corrected chi connectivity index (χ2v) is 8.32. The zero-order valence-corrected chi connectivity index (χ0v) is 15.9. The van der Waals surface area contributed by atoms with Crippen molar-refractivity contribution in [2.75, 3.05) is 51.2 Å². The number of hydrogen-bond donors (Lipinski definition) is 1. The van der Waals surface area contributed by atoms with Crippen molar-refractivity contribution in [3.8, 4) is 11.4 Å². The molecule has 0 spiro atoms. The number of carbonyl (C=O) groups excluding carboxylic acids is 1. The van der Waals surface area contributed by atoms with Gasteiger partial charge in [-0.2, -0.15) is 5.21 Å². The Bertz CT molecular complexity index is 859. The van der Waals surface area contributed by atoms with Crippen molar-refractivity contribution in [2.24, 2.45) is 17.8 Å². The van der Waals surface area contributed by atoms with Gasteiger partial charge in [0, 0.05) is 44.8 Å². The van der Waals surface area contributed by atoms with E-state index in [2.05, 4.69) is 32.6 Å². The maximum absolute atomic E-state index is 14.7. The molecule has 1 aromatic heterocycles. The quantitative estimate of drug-likeness (QED) is 0.844. The molecule has 3 saturated heterocycles. The molecular formula is C19H24FN7O. The van der Waals surface area contributed by atoms with Crippen LogP contribution in [0.5, 0.6) is 0 Å². The summed E-state index contributed by atoms with van der Waals surface area (Å²) in [6, 6.07) is 4.95. The number of nitrogens with one attached hydrogen (secondary N) is 1. The summed E-state index contributed by atoms with van der Waals surface area (Å²) in [5.41, 5.74) is 1.11. The molecule has 0 saturated carbocycles. The Kier molecular flexibility index (Phi) is 4.26. The van der Waals surface area contributed by atoms with E-state index in [4.69, 9.17) is 0 Å². The fraction of sp³-hybridized carbons (Fsp3) is 0.579. The van der Waals surface area contributed by atoms with Gasteiger partial charge < -0.3 is 14.7 Å². The topological polar surface area (TPSA) is 81.2 Å². The van der Waals surface area contributed by atoms with E-state index in [-0.39, 0.29) is 17.6 Å². The van der Waals surface area contributed by atoms with Crippen LogP contribution in [-0.2, 0) is 4.79 Å². The number of benzene rings is 1. The summed E-state index contributed by atoms with van der Waals surface area (Å²) < 4.78 is 14.7. The van der Waals surface area contributed by atoms with Crippen LogP contribution in [0.4, 0.5) is 10.1 Å². The molecule has 148 valence electrons. The molecule has 9 heteroatoms. The van der Waals surface area contributed by atoms with Gasteiger partial charge in [-0.1, -0.05) is 0 Å². The number of likely N-dealkylation sites (tertiary alicyclic amines) is 2. The number of amides is 1. The average molecular weight is 385 g/mol. The molecule has 3 aliphatic heterocycles. The highest BCUT2D eigenvalue weighted by molar-refractivity contribution is 5.80. The molecule has 0 aliphatic carbocycles. The third-order valence-corrected chi connectivity index (χ3v) is 6.41. The fourth-order valence-electron chi connectivity index (χ4n) is 5.03. The first-order valence-electron chi connectivity index (χ1n) is 9.84. The van der Waals surface area contributed by atoms with Crippen molar-refractivity contribution in [1.82, 2.24) is 30.4 Å². The molecule has 1 aromatic carbocycles. The van der Waals surface area contributed by atoms with Crippen LogP contribution in [0.25, 0.3) is 11.4 Å². The average Bonchev–Trinajstić information content (AvgIpc) is 3.44. The van der Waals surface area contributed by atoms with E-state index >= 15 is 0 Å². The number of hydrogen-bond acceptors (Lipinski definition) is 6. The summed E-state index contributed by atoms with van der Waals surface area (Å²) in [5.74, 6) is 1.46. The minimum absolute atomic E-state index is 0.0483. The van der Waals surface area contributed by atoms with Gasteiger partial charge in [0.15, 0.2) is 0 Å². The van der Waals surface area contributed by atoms with Gasteiger partial charge in [0.1, 0.15) is 5.82 Å². The Hall–Kier alpha value is -2.55. The Morgan fingerprint density at radius 1 is 1.18 bits per heavy atom. The number of aromatic nitrogens is 4. The van der Waals surface area contributed by atoms with Gasteiger partial charge in [-0.3, -0.25) is 4.79 Å². The number of halogens is 1. The van der Waals surface area contributed by atoms with Gasteiger partial charge in [0.25, 0.3) is 0 Å². The monoisotopic (exact) mass is 385 g/mol. The molecular weight excluding hydrogens is 361 g/mol. The van der Waals surface area contributed by atoms with Crippen LogP contribution < -0.4 is 4.90 Å². The van der Waals surface area contributed by atoms with Crippen molar-refractivity contribution in [2.45, 2.75) is 6.42 Å². The lowest BCUT2D eigenvalue weighted by atomic mass is 10.0. The molecule has 2 aromatic rings. The number of tetrazole rings is 1. The molecule has 5 rings (SSSR count). The third-order valence-electron chi connectivity index (χ3n) is 6.41. The maximum atomic E-state index is 14.7. The summed E-state index contributed by atoms with van der Waals surface area (Å²) in [5, 5.41) is 13.6. The zero-order chi connectivity index (χ0) is 19.3. The van der Waals surface area contributed by atoms with Crippen LogP contribution in [0, 0.1) is 23.6 Å². The Morgan fingerprint density at radius 3 is 2.64 bits per heavy atom. The summed E-state index contributed by atoms with van der Waals surface area (Å²) >= 11 is 0. The molecule has 0 bridgehead atoms. The SMILES string of the molecule is CN1C[C@@H]2CN(C(=O)C3CCN(c4ccc(-c5nn[nH]n5)cc4F)C3)C[C@@H]2C1. The lowest BCUT2D eigenvalue weighted by molar-refractivity contribution is -0.134. The first-order valence-corrected chi connectivity index (χ1v) is 9.84. The van der Waals surface area contributed by atoms with Gasteiger partial charge >= 0.3 is 0 Å². The van der Waals surface area contributed by atoms with Gasteiger partial charge in [-0.05, 0) is 48.7 Å². The first kappa shape index (κ1) is 17.5. The number of fused-ring (bicyclic) bond motifs is 1. The highest BCUT2D eigenvalue weighted by Gasteiger charge is 2.42. The van der Waals surface area contributed by atoms with Crippen molar-refractivity contribution >= 4 is 11.6 Å². The number of aromatic amines is 1. The van der Waals surface area contributed by atoms with Gasteiger partial charge in [-0.25, -0.2) is 4.39 Å². The van der Waals surface area contributed by atoms with Crippen LogP contribution in [0.3, 0.4) is 0 Å². The summed E-state index contributed by atoms with van der Waals surface area (Å²) in [7, 11) is 2.15. The zero-order valence-electron chi connectivity index (χ0n) is 15.9.